The molecule has 21 heavy (non-hydrogen) atoms. The molecule has 0 unspecified atom stereocenters. The topological polar surface area (TPSA) is 58.4 Å². The van der Waals surface area contributed by atoms with Gasteiger partial charge in [-0.05, 0) is 25.0 Å². The zero-order chi connectivity index (χ0) is 14.8. The Kier molecular flexibility index (Phi) is 3.94. The molecule has 1 aromatic carbocycles. The van der Waals surface area contributed by atoms with E-state index in [2.05, 4.69) is 5.10 Å². The fraction of sp³-hybridized carbons (Fsp3) is 0.333. The second-order valence-electron chi connectivity index (χ2n) is 5.14. The van der Waals surface area contributed by atoms with Crippen LogP contribution in [0.1, 0.15) is 12.8 Å². The van der Waals surface area contributed by atoms with Crippen molar-refractivity contribution >= 4 is 17.3 Å². The predicted octanol–water partition coefficient (Wildman–Crippen LogP) is 1.85. The lowest BCUT2D eigenvalue weighted by molar-refractivity contribution is 0.154. The van der Waals surface area contributed by atoms with Gasteiger partial charge in [0.1, 0.15) is 5.02 Å². The third kappa shape index (κ3) is 2.80. The summed E-state index contributed by atoms with van der Waals surface area (Å²) in [5.41, 5.74) is 0.919. The van der Waals surface area contributed by atoms with Crippen LogP contribution in [-0.2, 0) is 0 Å². The molecule has 0 bridgehead atoms. The first-order valence-electron chi connectivity index (χ1n) is 6.93. The van der Waals surface area contributed by atoms with E-state index in [4.69, 9.17) is 11.6 Å². The Bertz CT molecular complexity index is 687. The van der Waals surface area contributed by atoms with Crippen LogP contribution in [-0.4, -0.2) is 34.1 Å². The number of para-hydroxylation sites is 1. The standard InChI is InChI=1S/C15H16ClN3O2/c16-14-13(18-8-4-7-12(20)10-18)9-17-19(15(14)21)11-5-2-1-3-6-11/h1-3,5-6,9,12,20H,4,7-8,10H2/t12-/m0/s1. The van der Waals surface area contributed by atoms with Gasteiger partial charge in [-0.25, -0.2) is 0 Å². The van der Waals surface area contributed by atoms with Gasteiger partial charge >= 0.3 is 0 Å². The molecule has 1 aliphatic rings. The van der Waals surface area contributed by atoms with Crippen LogP contribution in [0.15, 0.2) is 41.3 Å². The Morgan fingerprint density at radius 2 is 2.05 bits per heavy atom. The minimum Gasteiger partial charge on any atom is -0.391 e. The molecule has 1 aromatic heterocycles. The van der Waals surface area contributed by atoms with E-state index in [0.717, 1.165) is 19.4 Å². The van der Waals surface area contributed by atoms with Crippen molar-refractivity contribution in [2.45, 2.75) is 18.9 Å². The van der Waals surface area contributed by atoms with E-state index < -0.39 is 0 Å². The monoisotopic (exact) mass is 305 g/mol. The lowest BCUT2D eigenvalue weighted by Crippen LogP contribution is -2.39. The maximum atomic E-state index is 12.4. The molecule has 0 aliphatic carbocycles. The van der Waals surface area contributed by atoms with Gasteiger partial charge in [-0.2, -0.15) is 9.78 Å². The number of hydrogen-bond acceptors (Lipinski definition) is 4. The Morgan fingerprint density at radius 1 is 1.29 bits per heavy atom. The van der Waals surface area contributed by atoms with E-state index in [0.29, 0.717) is 17.9 Å². The van der Waals surface area contributed by atoms with Crippen LogP contribution in [0.3, 0.4) is 0 Å². The normalized spacial score (nSPS) is 18.8. The van der Waals surface area contributed by atoms with E-state index in [1.807, 2.05) is 23.1 Å². The average Bonchev–Trinajstić information content (AvgIpc) is 2.51. The Morgan fingerprint density at radius 3 is 2.76 bits per heavy atom. The van der Waals surface area contributed by atoms with Gasteiger partial charge in [-0.15, -0.1) is 0 Å². The van der Waals surface area contributed by atoms with Gasteiger partial charge in [0.25, 0.3) is 5.56 Å². The first kappa shape index (κ1) is 14.1. The SMILES string of the molecule is O=c1c(Cl)c(N2CCC[C@H](O)C2)cnn1-c1ccccc1. The molecule has 2 heterocycles. The molecule has 110 valence electrons. The van der Waals surface area contributed by atoms with Crippen LogP contribution in [0.25, 0.3) is 5.69 Å². The van der Waals surface area contributed by atoms with Gasteiger partial charge in [0, 0.05) is 13.1 Å². The number of anilines is 1. The van der Waals surface area contributed by atoms with E-state index in [1.54, 1.807) is 18.3 Å². The zero-order valence-electron chi connectivity index (χ0n) is 11.4. The second-order valence-corrected chi connectivity index (χ2v) is 5.52. The summed E-state index contributed by atoms with van der Waals surface area (Å²) < 4.78 is 1.28. The van der Waals surface area contributed by atoms with Crippen LogP contribution >= 0.6 is 11.6 Å². The van der Waals surface area contributed by atoms with Crippen molar-refractivity contribution < 1.29 is 5.11 Å². The molecule has 1 saturated heterocycles. The highest BCUT2D eigenvalue weighted by Crippen LogP contribution is 2.25. The van der Waals surface area contributed by atoms with Crippen molar-refractivity contribution in [3.8, 4) is 5.69 Å². The summed E-state index contributed by atoms with van der Waals surface area (Å²) in [6, 6.07) is 9.16. The molecule has 1 N–H and O–H groups in total. The first-order chi connectivity index (χ1) is 10.2. The van der Waals surface area contributed by atoms with Crippen LogP contribution < -0.4 is 10.5 Å². The number of benzene rings is 1. The van der Waals surface area contributed by atoms with E-state index >= 15 is 0 Å². The Labute approximate surface area is 127 Å². The average molecular weight is 306 g/mol. The van der Waals surface area contributed by atoms with Crippen molar-refractivity contribution in [1.82, 2.24) is 9.78 Å². The highest BCUT2D eigenvalue weighted by atomic mass is 35.5. The Hall–Kier alpha value is -1.85. The smallest absolute Gasteiger partial charge is 0.292 e. The third-order valence-corrected chi connectivity index (χ3v) is 3.99. The fourth-order valence-electron chi connectivity index (χ4n) is 2.57. The second kappa shape index (κ2) is 5.87. The molecule has 2 aromatic rings. The molecule has 3 rings (SSSR count). The van der Waals surface area contributed by atoms with Crippen LogP contribution in [0.4, 0.5) is 5.69 Å². The van der Waals surface area contributed by atoms with E-state index in [-0.39, 0.29) is 16.7 Å². The molecule has 1 fully saturated rings. The van der Waals surface area contributed by atoms with E-state index in [1.165, 1.54) is 4.68 Å². The van der Waals surface area contributed by atoms with Crippen LogP contribution in [0, 0.1) is 0 Å². The van der Waals surface area contributed by atoms with Crippen LogP contribution in [0.5, 0.6) is 0 Å². The minimum absolute atomic E-state index is 0.142. The quantitative estimate of drug-likeness (QED) is 0.920. The number of halogens is 1. The lowest BCUT2D eigenvalue weighted by atomic mass is 10.1. The molecule has 1 atom stereocenters. The highest BCUT2D eigenvalue weighted by Gasteiger charge is 2.22. The van der Waals surface area contributed by atoms with Gasteiger partial charge in [-0.1, -0.05) is 29.8 Å². The number of nitrogens with zero attached hydrogens (tertiary/aromatic N) is 3. The lowest BCUT2D eigenvalue weighted by Gasteiger charge is -2.32. The summed E-state index contributed by atoms with van der Waals surface area (Å²) in [6.07, 6.45) is 2.86. The number of β-amino-alcohol motifs (C(OH)–C–C–N with tert-alkyl or cyclic N) is 1. The molecule has 5 nitrogen and oxygen atoms in total. The largest absolute Gasteiger partial charge is 0.391 e. The summed E-state index contributed by atoms with van der Waals surface area (Å²) in [7, 11) is 0. The van der Waals surface area contributed by atoms with Crippen molar-refractivity contribution in [3.05, 3.63) is 51.9 Å². The molecule has 0 spiro atoms. The van der Waals surface area contributed by atoms with Crippen molar-refractivity contribution in [3.63, 3.8) is 0 Å². The molecule has 0 radical (unpaired) electrons. The first-order valence-corrected chi connectivity index (χ1v) is 7.31. The predicted molar refractivity (Wildman–Crippen MR) is 82.3 cm³/mol. The van der Waals surface area contributed by atoms with Crippen molar-refractivity contribution in [1.29, 1.82) is 0 Å². The van der Waals surface area contributed by atoms with Gasteiger partial charge < -0.3 is 10.0 Å². The molecular formula is C15H16ClN3O2. The minimum atomic E-state index is -0.383. The molecule has 0 amide bonds. The number of piperidine rings is 1. The van der Waals surface area contributed by atoms with Crippen molar-refractivity contribution in [2.75, 3.05) is 18.0 Å². The number of aliphatic hydroxyl groups is 1. The van der Waals surface area contributed by atoms with E-state index in [9.17, 15) is 9.90 Å². The zero-order valence-corrected chi connectivity index (χ0v) is 12.2. The van der Waals surface area contributed by atoms with Crippen molar-refractivity contribution in [2.24, 2.45) is 0 Å². The van der Waals surface area contributed by atoms with Gasteiger partial charge in [0.15, 0.2) is 0 Å². The number of aromatic nitrogens is 2. The summed E-state index contributed by atoms with van der Waals surface area (Å²) in [6.45, 7) is 1.25. The van der Waals surface area contributed by atoms with Gasteiger partial charge in [0.2, 0.25) is 0 Å². The maximum Gasteiger partial charge on any atom is 0.292 e. The molecule has 0 saturated carbocycles. The highest BCUT2D eigenvalue weighted by molar-refractivity contribution is 6.33. The summed E-state index contributed by atoms with van der Waals surface area (Å²) in [4.78, 5) is 14.3. The summed E-state index contributed by atoms with van der Waals surface area (Å²) in [5, 5.41) is 14.1. The maximum absolute atomic E-state index is 12.4. The number of rotatable bonds is 2. The van der Waals surface area contributed by atoms with Gasteiger partial charge in [-0.3, -0.25) is 4.79 Å². The molecule has 6 heteroatoms. The Balaban J connectivity index is 1.99. The summed E-state index contributed by atoms with van der Waals surface area (Å²) in [5.74, 6) is 0. The third-order valence-electron chi connectivity index (χ3n) is 3.64. The number of hydrogen-bond donors (Lipinski definition) is 1. The van der Waals surface area contributed by atoms with Gasteiger partial charge in [0.05, 0.1) is 23.7 Å². The fourth-order valence-corrected chi connectivity index (χ4v) is 2.82. The molecule has 1 aliphatic heterocycles. The summed E-state index contributed by atoms with van der Waals surface area (Å²) >= 11 is 6.23. The molecular weight excluding hydrogens is 290 g/mol. The van der Waals surface area contributed by atoms with Crippen LogP contribution in [0.2, 0.25) is 5.02 Å². The number of aliphatic hydroxyl groups excluding tert-OH is 1.